The molecule has 0 aliphatic carbocycles. The molecule has 1 N–H and O–H groups in total. The van der Waals surface area contributed by atoms with Crippen LogP contribution in [-0.2, 0) is 16.4 Å². The normalized spacial score (nSPS) is 11.2. The number of hydrogen-bond donors (Lipinski definition) is 1. The highest BCUT2D eigenvalue weighted by Gasteiger charge is 2.14. The van der Waals surface area contributed by atoms with Crippen molar-refractivity contribution < 1.29 is 8.42 Å². The van der Waals surface area contributed by atoms with Crippen LogP contribution in [0.15, 0.2) is 59.5 Å². The number of hydrogen-bond acceptors (Lipinski definition) is 2. The lowest BCUT2D eigenvalue weighted by atomic mass is 10.1. The van der Waals surface area contributed by atoms with Gasteiger partial charge < -0.3 is 0 Å². The molecule has 0 heterocycles. The van der Waals surface area contributed by atoms with Gasteiger partial charge in [0.1, 0.15) is 0 Å². The standard InChI is InChI=1S/C16H19NO2S/c1-2-3-8-14-9-7-12-16(13-14)20(18,19)17-15-10-5-4-6-11-15/h4-7,9-13,17H,2-3,8H2,1H3. The first-order valence-electron chi connectivity index (χ1n) is 6.78. The fraction of sp³-hybridized carbons (Fsp3) is 0.250. The van der Waals surface area contributed by atoms with Gasteiger partial charge in [0.05, 0.1) is 4.90 Å². The van der Waals surface area contributed by atoms with E-state index in [0.717, 1.165) is 24.8 Å². The Morgan fingerprint density at radius 2 is 1.75 bits per heavy atom. The Bertz CT molecular complexity index is 651. The molecule has 0 fully saturated rings. The van der Waals surface area contributed by atoms with E-state index in [2.05, 4.69) is 11.6 Å². The fourth-order valence-corrected chi connectivity index (χ4v) is 3.10. The summed E-state index contributed by atoms with van der Waals surface area (Å²) in [5, 5.41) is 0. The second kappa shape index (κ2) is 6.57. The van der Waals surface area contributed by atoms with Gasteiger partial charge in [0.15, 0.2) is 0 Å². The summed E-state index contributed by atoms with van der Waals surface area (Å²) < 4.78 is 27.2. The molecule has 2 rings (SSSR count). The van der Waals surface area contributed by atoms with Crippen LogP contribution in [0.4, 0.5) is 5.69 Å². The van der Waals surface area contributed by atoms with Crippen LogP contribution in [-0.4, -0.2) is 8.42 Å². The topological polar surface area (TPSA) is 46.2 Å². The SMILES string of the molecule is CCCCc1cccc(S(=O)(=O)Nc2ccccc2)c1. The lowest BCUT2D eigenvalue weighted by Crippen LogP contribution is -2.13. The van der Waals surface area contributed by atoms with Crippen molar-refractivity contribution in [3.63, 3.8) is 0 Å². The van der Waals surface area contributed by atoms with Gasteiger partial charge >= 0.3 is 0 Å². The molecule has 0 saturated carbocycles. The smallest absolute Gasteiger partial charge is 0.261 e. The first-order valence-corrected chi connectivity index (χ1v) is 8.27. The van der Waals surface area contributed by atoms with Crippen molar-refractivity contribution >= 4 is 15.7 Å². The average Bonchev–Trinajstić information content (AvgIpc) is 2.46. The van der Waals surface area contributed by atoms with Crippen LogP contribution in [0.3, 0.4) is 0 Å². The molecule has 4 heteroatoms. The zero-order chi connectivity index (χ0) is 14.4. The lowest BCUT2D eigenvalue weighted by Gasteiger charge is -2.09. The predicted octanol–water partition coefficient (Wildman–Crippen LogP) is 3.83. The second-order valence-corrected chi connectivity index (χ2v) is 6.40. The Morgan fingerprint density at radius 3 is 2.45 bits per heavy atom. The molecular weight excluding hydrogens is 270 g/mol. The number of para-hydroxylation sites is 1. The van der Waals surface area contributed by atoms with E-state index in [4.69, 9.17) is 0 Å². The molecule has 0 aliphatic heterocycles. The van der Waals surface area contributed by atoms with Crippen molar-refractivity contribution in [2.24, 2.45) is 0 Å². The van der Waals surface area contributed by atoms with Crippen LogP contribution in [0.25, 0.3) is 0 Å². The van der Waals surface area contributed by atoms with Crippen LogP contribution >= 0.6 is 0 Å². The molecule has 2 aromatic rings. The van der Waals surface area contributed by atoms with Gasteiger partial charge in [-0.3, -0.25) is 4.72 Å². The minimum absolute atomic E-state index is 0.315. The molecule has 2 aromatic carbocycles. The van der Waals surface area contributed by atoms with Crippen LogP contribution in [0.5, 0.6) is 0 Å². The van der Waals surface area contributed by atoms with Crippen LogP contribution in [0.2, 0.25) is 0 Å². The van der Waals surface area contributed by atoms with E-state index in [1.165, 1.54) is 0 Å². The molecule has 0 saturated heterocycles. The Morgan fingerprint density at radius 1 is 1.00 bits per heavy atom. The van der Waals surface area contributed by atoms with Crippen molar-refractivity contribution in [2.75, 3.05) is 4.72 Å². The van der Waals surface area contributed by atoms with Gasteiger partial charge in [-0.1, -0.05) is 43.7 Å². The van der Waals surface area contributed by atoms with Gasteiger partial charge in [-0.2, -0.15) is 0 Å². The molecule has 106 valence electrons. The van der Waals surface area contributed by atoms with Crippen molar-refractivity contribution in [3.8, 4) is 0 Å². The highest BCUT2D eigenvalue weighted by Crippen LogP contribution is 2.17. The number of unbranched alkanes of at least 4 members (excludes halogenated alkanes) is 1. The number of sulfonamides is 1. The summed E-state index contributed by atoms with van der Waals surface area (Å²) in [7, 11) is -3.51. The number of anilines is 1. The molecule has 0 bridgehead atoms. The summed E-state index contributed by atoms with van der Waals surface area (Å²) in [6, 6.07) is 16.1. The molecule has 0 amide bonds. The van der Waals surface area contributed by atoms with Gasteiger partial charge in [0, 0.05) is 5.69 Å². The number of aryl methyl sites for hydroxylation is 1. The molecule has 0 aromatic heterocycles. The Labute approximate surface area is 120 Å². The summed E-state index contributed by atoms with van der Waals surface area (Å²) in [4.78, 5) is 0.315. The summed E-state index contributed by atoms with van der Waals surface area (Å²) in [5.41, 5.74) is 1.63. The van der Waals surface area contributed by atoms with Crippen LogP contribution in [0.1, 0.15) is 25.3 Å². The van der Waals surface area contributed by atoms with E-state index < -0.39 is 10.0 Å². The van der Waals surface area contributed by atoms with Gasteiger partial charge in [-0.05, 0) is 42.7 Å². The van der Waals surface area contributed by atoms with E-state index in [9.17, 15) is 8.42 Å². The quantitative estimate of drug-likeness (QED) is 0.878. The Balaban J connectivity index is 2.21. The van der Waals surface area contributed by atoms with Crippen molar-refractivity contribution in [3.05, 3.63) is 60.2 Å². The van der Waals surface area contributed by atoms with E-state index in [0.29, 0.717) is 10.6 Å². The Kier molecular flexibility index (Phi) is 4.79. The van der Waals surface area contributed by atoms with Gasteiger partial charge in [-0.25, -0.2) is 8.42 Å². The summed E-state index contributed by atoms with van der Waals surface area (Å²) in [5.74, 6) is 0. The number of benzene rings is 2. The fourth-order valence-electron chi connectivity index (χ4n) is 1.97. The molecule has 0 radical (unpaired) electrons. The van der Waals surface area contributed by atoms with Crippen molar-refractivity contribution in [1.29, 1.82) is 0 Å². The van der Waals surface area contributed by atoms with Crippen LogP contribution < -0.4 is 4.72 Å². The first-order chi connectivity index (χ1) is 9.62. The zero-order valence-corrected chi connectivity index (χ0v) is 12.4. The van der Waals surface area contributed by atoms with Crippen molar-refractivity contribution in [1.82, 2.24) is 0 Å². The maximum Gasteiger partial charge on any atom is 0.261 e. The van der Waals surface area contributed by atoms with Gasteiger partial charge in [0.25, 0.3) is 10.0 Å². The van der Waals surface area contributed by atoms with E-state index >= 15 is 0 Å². The van der Waals surface area contributed by atoms with Crippen LogP contribution in [0, 0.1) is 0 Å². The highest BCUT2D eigenvalue weighted by atomic mass is 32.2. The molecule has 0 spiro atoms. The zero-order valence-electron chi connectivity index (χ0n) is 11.5. The summed E-state index contributed by atoms with van der Waals surface area (Å²) in [6.07, 6.45) is 3.07. The lowest BCUT2D eigenvalue weighted by molar-refractivity contribution is 0.601. The highest BCUT2D eigenvalue weighted by molar-refractivity contribution is 7.92. The third kappa shape index (κ3) is 3.84. The molecule has 0 atom stereocenters. The molecule has 0 aliphatic rings. The molecular formula is C16H19NO2S. The monoisotopic (exact) mass is 289 g/mol. The average molecular weight is 289 g/mol. The van der Waals surface area contributed by atoms with Gasteiger partial charge in [-0.15, -0.1) is 0 Å². The van der Waals surface area contributed by atoms with E-state index in [-0.39, 0.29) is 0 Å². The first kappa shape index (κ1) is 14.6. The van der Waals surface area contributed by atoms with E-state index in [1.54, 1.807) is 42.5 Å². The predicted molar refractivity (Wildman–Crippen MR) is 82.3 cm³/mol. The van der Waals surface area contributed by atoms with Crippen molar-refractivity contribution in [2.45, 2.75) is 31.1 Å². The largest absolute Gasteiger partial charge is 0.280 e. The van der Waals surface area contributed by atoms with E-state index in [1.807, 2.05) is 12.1 Å². The maximum absolute atomic E-state index is 12.3. The third-order valence-electron chi connectivity index (χ3n) is 3.05. The molecule has 3 nitrogen and oxygen atoms in total. The van der Waals surface area contributed by atoms with Gasteiger partial charge in [0.2, 0.25) is 0 Å². The maximum atomic E-state index is 12.3. The summed E-state index contributed by atoms with van der Waals surface area (Å²) in [6.45, 7) is 2.12. The minimum atomic E-state index is -3.51. The molecule has 0 unspecified atom stereocenters. The number of nitrogens with one attached hydrogen (secondary N) is 1. The Hall–Kier alpha value is -1.81. The molecule has 20 heavy (non-hydrogen) atoms. The second-order valence-electron chi connectivity index (χ2n) is 4.72. The number of rotatable bonds is 6. The third-order valence-corrected chi connectivity index (χ3v) is 4.43. The minimum Gasteiger partial charge on any atom is -0.280 e. The summed E-state index contributed by atoms with van der Waals surface area (Å²) >= 11 is 0.